The van der Waals surface area contributed by atoms with Gasteiger partial charge in [-0.25, -0.2) is 0 Å². The zero-order valence-corrected chi connectivity index (χ0v) is 16.1. The van der Waals surface area contributed by atoms with Gasteiger partial charge in [0.1, 0.15) is 5.75 Å². The fourth-order valence-corrected chi connectivity index (χ4v) is 2.92. The SMILES string of the molecule is CC(=O)Nc1ccc(C(=O)Cn2ccc3cc(OC(C)C)ccc3c2=O)cc1. The van der Waals surface area contributed by atoms with Crippen LogP contribution in [0.4, 0.5) is 5.69 Å². The van der Waals surface area contributed by atoms with Crippen molar-refractivity contribution >= 4 is 28.2 Å². The lowest BCUT2D eigenvalue weighted by Gasteiger charge is -2.11. The molecule has 0 aliphatic carbocycles. The van der Waals surface area contributed by atoms with Crippen molar-refractivity contribution in [1.29, 1.82) is 0 Å². The van der Waals surface area contributed by atoms with Gasteiger partial charge in [-0.1, -0.05) is 0 Å². The highest BCUT2D eigenvalue weighted by Crippen LogP contribution is 2.19. The standard InChI is InChI=1S/C22H22N2O4/c1-14(2)28-19-8-9-20-17(12-19)10-11-24(22(20)27)13-21(26)16-4-6-18(7-5-16)23-15(3)25/h4-12,14H,13H2,1-3H3,(H,23,25). The number of aromatic nitrogens is 1. The smallest absolute Gasteiger partial charge is 0.258 e. The van der Waals surface area contributed by atoms with E-state index >= 15 is 0 Å². The molecule has 0 atom stereocenters. The summed E-state index contributed by atoms with van der Waals surface area (Å²) in [6.45, 7) is 5.24. The van der Waals surface area contributed by atoms with Crippen molar-refractivity contribution in [2.45, 2.75) is 33.4 Å². The lowest BCUT2D eigenvalue weighted by molar-refractivity contribution is -0.114. The Kier molecular flexibility index (Phi) is 5.59. The molecular weight excluding hydrogens is 356 g/mol. The lowest BCUT2D eigenvalue weighted by atomic mass is 10.1. The van der Waals surface area contributed by atoms with Crippen LogP contribution in [0.1, 0.15) is 31.1 Å². The molecular formula is C22H22N2O4. The number of ketones is 1. The molecule has 2 aromatic carbocycles. The molecule has 6 nitrogen and oxygen atoms in total. The van der Waals surface area contributed by atoms with Crippen LogP contribution in [0.3, 0.4) is 0 Å². The van der Waals surface area contributed by atoms with Crippen molar-refractivity contribution in [2.24, 2.45) is 0 Å². The third-order valence-corrected chi connectivity index (χ3v) is 4.16. The maximum Gasteiger partial charge on any atom is 0.258 e. The number of rotatable bonds is 6. The molecule has 0 fully saturated rings. The van der Waals surface area contributed by atoms with Gasteiger partial charge in [-0.2, -0.15) is 0 Å². The molecule has 28 heavy (non-hydrogen) atoms. The molecule has 3 aromatic rings. The van der Waals surface area contributed by atoms with E-state index in [9.17, 15) is 14.4 Å². The third kappa shape index (κ3) is 4.46. The molecule has 0 unspecified atom stereocenters. The number of carbonyl (C=O) groups is 2. The number of hydrogen-bond donors (Lipinski definition) is 1. The molecule has 144 valence electrons. The van der Waals surface area contributed by atoms with E-state index in [2.05, 4.69) is 5.32 Å². The van der Waals surface area contributed by atoms with Gasteiger partial charge in [-0.05, 0) is 67.8 Å². The maximum atomic E-state index is 12.7. The number of anilines is 1. The number of fused-ring (bicyclic) bond motifs is 1. The Morgan fingerprint density at radius 2 is 1.79 bits per heavy atom. The first-order valence-electron chi connectivity index (χ1n) is 9.04. The van der Waals surface area contributed by atoms with Gasteiger partial charge in [-0.15, -0.1) is 0 Å². The van der Waals surface area contributed by atoms with Gasteiger partial charge in [0.15, 0.2) is 5.78 Å². The Morgan fingerprint density at radius 3 is 2.43 bits per heavy atom. The third-order valence-electron chi connectivity index (χ3n) is 4.16. The van der Waals surface area contributed by atoms with E-state index in [-0.39, 0.29) is 29.9 Å². The minimum absolute atomic E-state index is 0.0486. The predicted octanol–water partition coefficient (Wildman–Crippen LogP) is 3.63. The van der Waals surface area contributed by atoms with Crippen LogP contribution in [0, 0.1) is 0 Å². The Bertz CT molecular complexity index is 1080. The van der Waals surface area contributed by atoms with Crippen LogP contribution in [-0.2, 0) is 11.3 Å². The zero-order valence-electron chi connectivity index (χ0n) is 16.1. The number of pyridine rings is 1. The van der Waals surface area contributed by atoms with Crippen LogP contribution in [0.15, 0.2) is 59.5 Å². The van der Waals surface area contributed by atoms with Gasteiger partial charge < -0.3 is 14.6 Å². The van der Waals surface area contributed by atoms with E-state index in [0.29, 0.717) is 22.4 Å². The molecule has 0 saturated heterocycles. The van der Waals surface area contributed by atoms with Crippen molar-refractivity contribution in [3.05, 3.63) is 70.6 Å². The molecule has 0 radical (unpaired) electrons. The van der Waals surface area contributed by atoms with Gasteiger partial charge in [0, 0.05) is 29.8 Å². The predicted molar refractivity (Wildman–Crippen MR) is 109 cm³/mol. The number of benzene rings is 2. The van der Waals surface area contributed by atoms with Gasteiger partial charge in [-0.3, -0.25) is 14.4 Å². The maximum absolute atomic E-state index is 12.7. The van der Waals surface area contributed by atoms with E-state index in [1.165, 1.54) is 11.5 Å². The molecule has 0 saturated carbocycles. The van der Waals surface area contributed by atoms with Crippen LogP contribution < -0.4 is 15.6 Å². The molecule has 0 aliphatic rings. The first kappa shape index (κ1) is 19.4. The van der Waals surface area contributed by atoms with E-state index < -0.39 is 0 Å². The van der Waals surface area contributed by atoms with E-state index in [0.717, 1.165) is 5.39 Å². The van der Waals surface area contributed by atoms with E-state index in [1.54, 1.807) is 48.7 Å². The summed E-state index contributed by atoms with van der Waals surface area (Å²) < 4.78 is 7.06. The molecule has 0 aliphatic heterocycles. The monoisotopic (exact) mass is 378 g/mol. The van der Waals surface area contributed by atoms with Crippen LogP contribution in [0.2, 0.25) is 0 Å². The summed E-state index contributed by atoms with van der Waals surface area (Å²) in [5.41, 5.74) is 0.866. The number of amides is 1. The molecule has 0 spiro atoms. The summed E-state index contributed by atoms with van der Waals surface area (Å²) in [6.07, 6.45) is 1.67. The molecule has 1 amide bonds. The minimum atomic E-state index is -0.225. The van der Waals surface area contributed by atoms with Gasteiger partial charge in [0.05, 0.1) is 12.6 Å². The van der Waals surface area contributed by atoms with Crippen LogP contribution in [0.25, 0.3) is 10.8 Å². The highest BCUT2D eigenvalue weighted by atomic mass is 16.5. The molecule has 3 rings (SSSR count). The van der Waals surface area contributed by atoms with Crippen molar-refractivity contribution in [3.8, 4) is 5.75 Å². The lowest BCUT2D eigenvalue weighted by Crippen LogP contribution is -2.23. The highest BCUT2D eigenvalue weighted by molar-refractivity contribution is 5.97. The molecule has 1 heterocycles. The number of carbonyl (C=O) groups excluding carboxylic acids is 2. The summed E-state index contributed by atoms with van der Waals surface area (Å²) >= 11 is 0. The average Bonchev–Trinajstić information content (AvgIpc) is 2.63. The number of Topliss-reactive ketones (excluding diaryl/α,β-unsaturated/α-hetero) is 1. The van der Waals surface area contributed by atoms with Crippen LogP contribution in [-0.4, -0.2) is 22.4 Å². The summed E-state index contributed by atoms with van der Waals surface area (Å²) in [5, 5.41) is 3.95. The summed E-state index contributed by atoms with van der Waals surface area (Å²) in [5.74, 6) is 0.342. The highest BCUT2D eigenvalue weighted by Gasteiger charge is 2.11. The normalized spacial score (nSPS) is 10.9. The Labute approximate surface area is 162 Å². The Hall–Kier alpha value is -3.41. The Balaban J connectivity index is 1.81. The van der Waals surface area contributed by atoms with E-state index in [1.807, 2.05) is 19.9 Å². The van der Waals surface area contributed by atoms with Crippen molar-refractivity contribution in [3.63, 3.8) is 0 Å². The molecule has 1 aromatic heterocycles. The second-order valence-corrected chi connectivity index (χ2v) is 6.85. The van der Waals surface area contributed by atoms with Crippen molar-refractivity contribution < 1.29 is 14.3 Å². The second-order valence-electron chi connectivity index (χ2n) is 6.85. The molecule has 1 N–H and O–H groups in total. The first-order valence-corrected chi connectivity index (χ1v) is 9.04. The summed E-state index contributed by atoms with van der Waals surface area (Å²) in [6, 6.07) is 13.7. The fourth-order valence-electron chi connectivity index (χ4n) is 2.92. The number of hydrogen-bond acceptors (Lipinski definition) is 4. The number of nitrogens with zero attached hydrogens (tertiary/aromatic N) is 1. The quantitative estimate of drug-likeness (QED) is 0.665. The number of ether oxygens (including phenoxy) is 1. The summed E-state index contributed by atoms with van der Waals surface area (Å²) in [4.78, 5) is 36.3. The average molecular weight is 378 g/mol. The summed E-state index contributed by atoms with van der Waals surface area (Å²) in [7, 11) is 0. The van der Waals surface area contributed by atoms with Crippen molar-refractivity contribution in [2.75, 3.05) is 5.32 Å². The number of nitrogens with one attached hydrogen (secondary N) is 1. The fraction of sp³-hybridized carbons (Fsp3) is 0.227. The minimum Gasteiger partial charge on any atom is -0.491 e. The van der Waals surface area contributed by atoms with E-state index in [4.69, 9.17) is 4.74 Å². The molecule has 6 heteroatoms. The Morgan fingerprint density at radius 1 is 1.07 bits per heavy atom. The van der Waals surface area contributed by atoms with Crippen LogP contribution in [0.5, 0.6) is 5.75 Å². The molecule has 0 bridgehead atoms. The van der Waals surface area contributed by atoms with Crippen LogP contribution >= 0.6 is 0 Å². The van der Waals surface area contributed by atoms with Crippen molar-refractivity contribution in [1.82, 2.24) is 4.57 Å². The second kappa shape index (κ2) is 8.08. The first-order chi connectivity index (χ1) is 13.3. The van der Waals surface area contributed by atoms with Gasteiger partial charge in [0.25, 0.3) is 5.56 Å². The van der Waals surface area contributed by atoms with Gasteiger partial charge in [0.2, 0.25) is 5.91 Å². The zero-order chi connectivity index (χ0) is 20.3. The largest absolute Gasteiger partial charge is 0.491 e. The van der Waals surface area contributed by atoms with Gasteiger partial charge >= 0.3 is 0 Å². The topological polar surface area (TPSA) is 77.4 Å².